The number of anilines is 1. The van der Waals surface area contributed by atoms with Gasteiger partial charge in [-0.1, -0.05) is 12.7 Å². The van der Waals surface area contributed by atoms with E-state index in [1.807, 2.05) is 0 Å². The molecule has 0 spiro atoms. The van der Waals surface area contributed by atoms with Gasteiger partial charge in [-0.2, -0.15) is 18.2 Å². The highest BCUT2D eigenvalue weighted by Gasteiger charge is 2.36. The van der Waals surface area contributed by atoms with Crippen LogP contribution in [0.3, 0.4) is 0 Å². The Bertz CT molecular complexity index is 861. The molecule has 0 aliphatic carbocycles. The maximum absolute atomic E-state index is 13.2. The van der Waals surface area contributed by atoms with Crippen LogP contribution in [0.15, 0.2) is 58.3 Å². The van der Waals surface area contributed by atoms with Crippen molar-refractivity contribution in [1.29, 1.82) is 4.78 Å². The molecule has 1 rings (SSSR count). The third kappa shape index (κ3) is 6.89. The molecular formula is C17H23F3N4O3S. The number of ether oxygens (including phenoxy) is 1. The number of halogens is 3. The zero-order valence-electron chi connectivity index (χ0n) is 15.6. The Morgan fingerprint density at radius 2 is 1.93 bits per heavy atom. The molecular weight excluding hydrogens is 397 g/mol. The Morgan fingerprint density at radius 1 is 1.39 bits per heavy atom. The van der Waals surface area contributed by atoms with Crippen molar-refractivity contribution in [2.24, 2.45) is 10.7 Å². The molecule has 1 aromatic rings. The Hall–Kier alpha value is -2.53. The predicted molar refractivity (Wildman–Crippen MR) is 102 cm³/mol. The van der Waals surface area contributed by atoms with Gasteiger partial charge >= 0.3 is 6.18 Å². The summed E-state index contributed by atoms with van der Waals surface area (Å²) in [6.07, 6.45) is -5.03. The second kappa shape index (κ2) is 9.11. The molecule has 0 aliphatic heterocycles. The van der Waals surface area contributed by atoms with Crippen LogP contribution in [-0.4, -0.2) is 39.9 Å². The number of aliphatic hydroxyl groups excluding tert-OH is 1. The van der Waals surface area contributed by atoms with E-state index in [1.54, 1.807) is 0 Å². The summed E-state index contributed by atoms with van der Waals surface area (Å²) in [5, 5.41) is 12.1. The maximum atomic E-state index is 13.2. The topological polar surface area (TPSA) is 121 Å². The van der Waals surface area contributed by atoms with Crippen molar-refractivity contribution in [1.82, 2.24) is 0 Å². The molecule has 0 bridgehead atoms. The van der Waals surface area contributed by atoms with E-state index in [0.717, 1.165) is 0 Å². The number of aliphatic hydroxyl groups is 1. The fraction of sp³-hybridized carbons (Fsp3) is 0.353. The van der Waals surface area contributed by atoms with Gasteiger partial charge in [-0.25, -0.2) is 8.99 Å². The number of hydrogen-bond acceptors (Lipinski definition) is 5. The molecule has 156 valence electrons. The van der Waals surface area contributed by atoms with E-state index in [9.17, 15) is 22.5 Å². The van der Waals surface area contributed by atoms with Crippen LogP contribution in [0.1, 0.15) is 13.8 Å². The summed E-state index contributed by atoms with van der Waals surface area (Å²) in [4.78, 5) is 3.93. The SMILES string of the molecule is C=C/C(=C(\N=C(N)Nc1ccc(S(C)(=N)=O)cc1)O[C@H](C)[C@@H](C)O)C(F)(F)F. The summed E-state index contributed by atoms with van der Waals surface area (Å²) in [7, 11) is -2.90. The fourth-order valence-corrected chi connectivity index (χ4v) is 2.49. The van der Waals surface area contributed by atoms with E-state index in [4.69, 9.17) is 15.3 Å². The second-order valence-electron chi connectivity index (χ2n) is 5.97. The summed E-state index contributed by atoms with van der Waals surface area (Å²) >= 11 is 0. The van der Waals surface area contributed by atoms with Crippen LogP contribution in [0.5, 0.6) is 0 Å². The van der Waals surface area contributed by atoms with Crippen LogP contribution in [0, 0.1) is 4.78 Å². The highest BCUT2D eigenvalue weighted by atomic mass is 32.2. The molecule has 0 heterocycles. The number of alkyl halides is 3. The Kier molecular flexibility index (Phi) is 7.65. The molecule has 28 heavy (non-hydrogen) atoms. The molecule has 11 heteroatoms. The van der Waals surface area contributed by atoms with Crippen LogP contribution in [0.25, 0.3) is 0 Å². The van der Waals surface area contributed by atoms with Gasteiger partial charge in [0.05, 0.1) is 15.8 Å². The van der Waals surface area contributed by atoms with Gasteiger partial charge in [0.2, 0.25) is 11.8 Å². The minimum absolute atomic E-state index is 0.286. The van der Waals surface area contributed by atoms with Gasteiger partial charge < -0.3 is 20.9 Å². The number of allylic oxidation sites excluding steroid dienone is 2. The summed E-state index contributed by atoms with van der Waals surface area (Å²) < 4.78 is 63.9. The first-order valence-electron chi connectivity index (χ1n) is 7.99. The van der Waals surface area contributed by atoms with Crippen molar-refractivity contribution in [3.05, 3.63) is 48.4 Å². The van der Waals surface area contributed by atoms with Crippen molar-refractivity contribution in [2.45, 2.75) is 37.1 Å². The van der Waals surface area contributed by atoms with Gasteiger partial charge in [0, 0.05) is 16.8 Å². The first-order valence-corrected chi connectivity index (χ1v) is 9.96. The smallest absolute Gasteiger partial charge is 0.421 e. The average molecular weight is 420 g/mol. The number of nitrogens with two attached hydrogens (primary N) is 1. The van der Waals surface area contributed by atoms with E-state index in [2.05, 4.69) is 16.9 Å². The quantitative estimate of drug-likeness (QED) is 0.234. The van der Waals surface area contributed by atoms with Crippen molar-refractivity contribution in [3.8, 4) is 0 Å². The van der Waals surface area contributed by atoms with Crippen molar-refractivity contribution in [2.75, 3.05) is 11.6 Å². The first-order chi connectivity index (χ1) is 12.8. The fourth-order valence-electron chi connectivity index (χ4n) is 1.83. The first kappa shape index (κ1) is 23.5. The van der Waals surface area contributed by atoms with E-state index < -0.39 is 45.5 Å². The molecule has 0 saturated carbocycles. The molecule has 7 nitrogen and oxygen atoms in total. The van der Waals surface area contributed by atoms with Crippen LogP contribution >= 0.6 is 0 Å². The van der Waals surface area contributed by atoms with E-state index in [0.29, 0.717) is 11.8 Å². The van der Waals surface area contributed by atoms with Crippen LogP contribution in [-0.2, 0) is 14.5 Å². The van der Waals surface area contributed by atoms with Crippen molar-refractivity contribution in [3.63, 3.8) is 0 Å². The van der Waals surface area contributed by atoms with Crippen molar-refractivity contribution >= 4 is 21.4 Å². The third-order valence-corrected chi connectivity index (χ3v) is 4.69. The van der Waals surface area contributed by atoms with Crippen LogP contribution in [0.2, 0.25) is 0 Å². The van der Waals surface area contributed by atoms with Crippen LogP contribution in [0.4, 0.5) is 18.9 Å². The maximum Gasteiger partial charge on any atom is 0.421 e. The summed E-state index contributed by atoms with van der Waals surface area (Å²) in [5.41, 5.74) is 4.79. The molecule has 0 saturated heterocycles. The average Bonchev–Trinajstić information content (AvgIpc) is 2.53. The van der Waals surface area contributed by atoms with Crippen LogP contribution < -0.4 is 11.1 Å². The monoisotopic (exact) mass is 420 g/mol. The number of hydrogen-bond donors (Lipinski definition) is 4. The summed E-state index contributed by atoms with van der Waals surface area (Å²) in [6.45, 7) is 5.86. The number of guanidine groups is 1. The number of nitrogens with zero attached hydrogens (tertiary/aromatic N) is 1. The number of nitrogens with one attached hydrogen (secondary N) is 2. The zero-order valence-corrected chi connectivity index (χ0v) is 16.4. The lowest BCUT2D eigenvalue weighted by Crippen LogP contribution is -2.27. The molecule has 0 aromatic heterocycles. The molecule has 3 atom stereocenters. The molecule has 0 radical (unpaired) electrons. The highest BCUT2D eigenvalue weighted by molar-refractivity contribution is 7.91. The van der Waals surface area contributed by atoms with Gasteiger partial charge in [0.15, 0.2) is 0 Å². The number of rotatable bonds is 7. The molecule has 1 unspecified atom stereocenters. The lowest BCUT2D eigenvalue weighted by atomic mass is 10.2. The normalized spacial score (nSPS) is 17.8. The molecule has 0 amide bonds. The molecule has 5 N–H and O–H groups in total. The Labute approximate surface area is 161 Å². The van der Waals surface area contributed by atoms with E-state index in [-0.39, 0.29) is 4.90 Å². The summed E-state index contributed by atoms with van der Waals surface area (Å²) in [6, 6.07) is 5.77. The van der Waals surface area contributed by atoms with Gasteiger partial charge in [-0.15, -0.1) is 0 Å². The van der Waals surface area contributed by atoms with Gasteiger partial charge in [-0.05, 0) is 38.1 Å². The molecule has 0 aliphatic rings. The lowest BCUT2D eigenvalue weighted by Gasteiger charge is -2.20. The van der Waals surface area contributed by atoms with E-state index >= 15 is 0 Å². The molecule has 1 aromatic carbocycles. The second-order valence-corrected chi connectivity index (χ2v) is 8.13. The Morgan fingerprint density at radius 3 is 2.32 bits per heavy atom. The minimum atomic E-state index is -4.80. The van der Waals surface area contributed by atoms with Gasteiger partial charge in [-0.3, -0.25) is 0 Å². The standard InChI is InChI=1S/C17H23F3N4O3S/c1-5-14(17(18,19)20)15(27-11(3)10(2)25)24-16(21)23-12-6-8-13(9-7-12)28(4,22)26/h5-11,22,25H,1H2,2-4H3,(H3,21,23,24)/b15-14-/t10-,11-,28?/m1/s1. The summed E-state index contributed by atoms with van der Waals surface area (Å²) in [5.74, 6) is -1.26. The number of aliphatic imine (C=N–C) groups is 1. The van der Waals surface area contributed by atoms with E-state index in [1.165, 1.54) is 44.4 Å². The minimum Gasteiger partial charge on any atom is -0.471 e. The van der Waals surface area contributed by atoms with Gasteiger partial charge in [0.1, 0.15) is 11.7 Å². The number of benzene rings is 1. The molecule has 0 fully saturated rings. The van der Waals surface area contributed by atoms with Crippen molar-refractivity contribution < 1.29 is 27.2 Å². The largest absolute Gasteiger partial charge is 0.471 e. The highest BCUT2D eigenvalue weighted by Crippen LogP contribution is 2.30. The zero-order chi connectivity index (χ0) is 21.7. The Balaban J connectivity index is 3.23. The lowest BCUT2D eigenvalue weighted by molar-refractivity contribution is -0.0940. The predicted octanol–water partition coefficient (Wildman–Crippen LogP) is 3.19. The third-order valence-electron chi connectivity index (χ3n) is 3.52. The van der Waals surface area contributed by atoms with Gasteiger partial charge in [0.25, 0.3) is 0 Å².